The Labute approximate surface area is 147 Å². The van der Waals surface area contributed by atoms with Crippen molar-refractivity contribution >= 4 is 0 Å². The summed E-state index contributed by atoms with van der Waals surface area (Å²) in [5, 5.41) is 0. The molecule has 0 heterocycles. The van der Waals surface area contributed by atoms with Gasteiger partial charge in [-0.15, -0.1) is 0 Å². The van der Waals surface area contributed by atoms with Crippen LogP contribution in [-0.2, 0) is 11.8 Å². The third-order valence-electron chi connectivity index (χ3n) is 4.39. The topological polar surface area (TPSA) is 35.2 Å². The lowest BCUT2D eigenvalue weighted by Crippen LogP contribution is -2.15. The molecule has 0 saturated heterocycles. The van der Waals surface area contributed by atoms with Gasteiger partial charge in [0.25, 0.3) is 0 Å². The number of ether oxygens (including phenoxy) is 1. The molecular formula is C22H31NO. The van der Waals surface area contributed by atoms with Crippen LogP contribution in [0.25, 0.3) is 0 Å². The van der Waals surface area contributed by atoms with E-state index in [2.05, 4.69) is 70.2 Å². The molecule has 2 N–H and O–H groups in total. The minimum absolute atomic E-state index is 0.191. The molecule has 0 fully saturated rings. The van der Waals surface area contributed by atoms with Crippen LogP contribution in [0.1, 0.15) is 56.7 Å². The van der Waals surface area contributed by atoms with Gasteiger partial charge in [-0.3, -0.25) is 0 Å². The van der Waals surface area contributed by atoms with E-state index in [0.29, 0.717) is 12.5 Å². The fraction of sp³-hybridized carbons (Fsp3) is 0.455. The molecule has 1 atom stereocenters. The van der Waals surface area contributed by atoms with Crippen molar-refractivity contribution in [3.05, 3.63) is 65.2 Å². The Hall–Kier alpha value is -1.80. The first kappa shape index (κ1) is 18.5. The van der Waals surface area contributed by atoms with Crippen molar-refractivity contribution in [2.24, 2.45) is 5.73 Å². The first-order valence-electron chi connectivity index (χ1n) is 8.96. The molecule has 130 valence electrons. The molecule has 0 aromatic heterocycles. The van der Waals surface area contributed by atoms with E-state index in [-0.39, 0.29) is 5.41 Å². The van der Waals surface area contributed by atoms with Gasteiger partial charge in [-0.05, 0) is 53.6 Å². The van der Waals surface area contributed by atoms with Gasteiger partial charge in [0.15, 0.2) is 0 Å². The SMILES string of the molecule is CCCOc1cccc(C(CN)Cc2ccc(C(C)(C)C)cc2)c1. The Morgan fingerprint density at radius 2 is 1.75 bits per heavy atom. The molecule has 0 saturated carbocycles. The Morgan fingerprint density at radius 3 is 2.33 bits per heavy atom. The summed E-state index contributed by atoms with van der Waals surface area (Å²) in [6, 6.07) is 17.3. The molecule has 0 radical (unpaired) electrons. The van der Waals surface area contributed by atoms with E-state index in [1.54, 1.807) is 0 Å². The highest BCUT2D eigenvalue weighted by atomic mass is 16.5. The normalized spacial score (nSPS) is 12.9. The van der Waals surface area contributed by atoms with Gasteiger partial charge < -0.3 is 10.5 Å². The van der Waals surface area contributed by atoms with Crippen LogP contribution in [0.3, 0.4) is 0 Å². The van der Waals surface area contributed by atoms with Crippen molar-refractivity contribution in [3.8, 4) is 5.75 Å². The van der Waals surface area contributed by atoms with Gasteiger partial charge in [-0.2, -0.15) is 0 Å². The Balaban J connectivity index is 2.11. The monoisotopic (exact) mass is 325 g/mol. The van der Waals surface area contributed by atoms with Crippen LogP contribution < -0.4 is 10.5 Å². The van der Waals surface area contributed by atoms with Crippen LogP contribution in [0, 0.1) is 0 Å². The highest BCUT2D eigenvalue weighted by Crippen LogP contribution is 2.26. The molecule has 2 heteroatoms. The second kappa shape index (κ2) is 8.34. The van der Waals surface area contributed by atoms with Crippen LogP contribution in [0.4, 0.5) is 0 Å². The van der Waals surface area contributed by atoms with Crippen molar-refractivity contribution in [3.63, 3.8) is 0 Å². The molecule has 2 aromatic carbocycles. The minimum Gasteiger partial charge on any atom is -0.494 e. The van der Waals surface area contributed by atoms with Crippen LogP contribution in [0.15, 0.2) is 48.5 Å². The summed E-state index contributed by atoms with van der Waals surface area (Å²) >= 11 is 0. The lowest BCUT2D eigenvalue weighted by molar-refractivity contribution is 0.317. The zero-order valence-electron chi connectivity index (χ0n) is 15.5. The summed E-state index contributed by atoms with van der Waals surface area (Å²) in [6.07, 6.45) is 1.98. The molecular weight excluding hydrogens is 294 g/mol. The van der Waals surface area contributed by atoms with Gasteiger partial charge >= 0.3 is 0 Å². The summed E-state index contributed by atoms with van der Waals surface area (Å²) in [7, 11) is 0. The van der Waals surface area contributed by atoms with Gasteiger partial charge in [0.2, 0.25) is 0 Å². The first-order valence-corrected chi connectivity index (χ1v) is 8.96. The smallest absolute Gasteiger partial charge is 0.119 e. The Kier molecular flexibility index (Phi) is 6.44. The maximum atomic E-state index is 6.06. The summed E-state index contributed by atoms with van der Waals surface area (Å²) in [6.45, 7) is 10.2. The predicted octanol–water partition coefficient (Wildman–Crippen LogP) is 5.06. The number of rotatable bonds is 7. The zero-order chi connectivity index (χ0) is 17.6. The van der Waals surface area contributed by atoms with Crippen molar-refractivity contribution in [1.29, 1.82) is 0 Å². The standard InChI is InChI=1S/C22H31NO/c1-5-13-24-21-8-6-7-18(15-21)19(16-23)14-17-9-11-20(12-10-17)22(2,3)4/h6-12,15,19H,5,13-14,16,23H2,1-4H3. The summed E-state index contributed by atoms with van der Waals surface area (Å²) in [5.41, 5.74) is 10.2. The average molecular weight is 325 g/mol. The van der Waals surface area contributed by atoms with E-state index in [4.69, 9.17) is 10.5 Å². The molecule has 0 aliphatic carbocycles. The van der Waals surface area contributed by atoms with E-state index in [0.717, 1.165) is 25.2 Å². The highest BCUT2D eigenvalue weighted by molar-refractivity contribution is 5.34. The Bertz CT molecular complexity index is 625. The molecule has 0 amide bonds. The molecule has 2 nitrogen and oxygen atoms in total. The summed E-state index contributed by atoms with van der Waals surface area (Å²) in [4.78, 5) is 0. The predicted molar refractivity (Wildman–Crippen MR) is 103 cm³/mol. The van der Waals surface area contributed by atoms with E-state index in [1.165, 1.54) is 16.7 Å². The lowest BCUT2D eigenvalue weighted by Gasteiger charge is -2.20. The van der Waals surface area contributed by atoms with Crippen molar-refractivity contribution < 1.29 is 4.74 Å². The highest BCUT2D eigenvalue weighted by Gasteiger charge is 2.15. The van der Waals surface area contributed by atoms with Crippen molar-refractivity contribution in [2.75, 3.05) is 13.2 Å². The molecule has 0 aliphatic rings. The molecule has 24 heavy (non-hydrogen) atoms. The average Bonchev–Trinajstić information content (AvgIpc) is 2.57. The molecule has 2 rings (SSSR count). The van der Waals surface area contributed by atoms with Gasteiger partial charge in [0.1, 0.15) is 5.75 Å². The maximum absolute atomic E-state index is 6.06. The quantitative estimate of drug-likeness (QED) is 0.772. The third-order valence-corrected chi connectivity index (χ3v) is 4.39. The molecule has 0 spiro atoms. The molecule has 1 unspecified atom stereocenters. The number of hydrogen-bond acceptors (Lipinski definition) is 2. The number of nitrogens with two attached hydrogens (primary N) is 1. The Morgan fingerprint density at radius 1 is 1.04 bits per heavy atom. The van der Waals surface area contributed by atoms with Crippen molar-refractivity contribution in [2.45, 2.75) is 51.9 Å². The third kappa shape index (κ3) is 5.10. The maximum Gasteiger partial charge on any atom is 0.119 e. The lowest BCUT2D eigenvalue weighted by atomic mass is 9.85. The zero-order valence-corrected chi connectivity index (χ0v) is 15.5. The van der Waals surface area contributed by atoms with E-state index in [1.807, 2.05) is 6.07 Å². The van der Waals surface area contributed by atoms with E-state index >= 15 is 0 Å². The molecule has 2 aromatic rings. The molecule has 0 bridgehead atoms. The van der Waals surface area contributed by atoms with Crippen LogP contribution >= 0.6 is 0 Å². The molecule has 0 aliphatic heterocycles. The van der Waals surface area contributed by atoms with Gasteiger partial charge in [-0.1, -0.05) is 64.1 Å². The number of hydrogen-bond donors (Lipinski definition) is 1. The largest absolute Gasteiger partial charge is 0.494 e. The second-order valence-electron chi connectivity index (χ2n) is 7.50. The van der Waals surface area contributed by atoms with E-state index < -0.39 is 0 Å². The van der Waals surface area contributed by atoms with E-state index in [9.17, 15) is 0 Å². The first-order chi connectivity index (χ1) is 11.4. The fourth-order valence-corrected chi connectivity index (χ4v) is 2.84. The van der Waals surface area contributed by atoms with Gasteiger partial charge in [0, 0.05) is 5.92 Å². The van der Waals surface area contributed by atoms with Crippen LogP contribution in [-0.4, -0.2) is 13.2 Å². The van der Waals surface area contributed by atoms with Crippen molar-refractivity contribution in [1.82, 2.24) is 0 Å². The van der Waals surface area contributed by atoms with Crippen LogP contribution in [0.5, 0.6) is 5.75 Å². The fourth-order valence-electron chi connectivity index (χ4n) is 2.84. The van der Waals surface area contributed by atoms with Crippen LogP contribution in [0.2, 0.25) is 0 Å². The summed E-state index contributed by atoms with van der Waals surface area (Å²) in [5.74, 6) is 1.26. The number of benzene rings is 2. The van der Waals surface area contributed by atoms with Gasteiger partial charge in [0.05, 0.1) is 6.61 Å². The summed E-state index contributed by atoms with van der Waals surface area (Å²) < 4.78 is 5.75. The second-order valence-corrected chi connectivity index (χ2v) is 7.50. The minimum atomic E-state index is 0.191. The van der Waals surface area contributed by atoms with Gasteiger partial charge in [-0.25, -0.2) is 0 Å².